The Morgan fingerprint density at radius 1 is 1.24 bits per heavy atom. The van der Waals surface area contributed by atoms with E-state index in [0.29, 0.717) is 33.8 Å². The number of anilines is 1. The van der Waals surface area contributed by atoms with Crippen LogP contribution in [0.1, 0.15) is 59.1 Å². The molecule has 2 aromatic rings. The third kappa shape index (κ3) is 6.69. The fourth-order valence-corrected chi connectivity index (χ4v) is 4.41. The summed E-state index contributed by atoms with van der Waals surface area (Å²) >= 11 is 0. The number of aryl methyl sites for hydroxylation is 1. The van der Waals surface area contributed by atoms with Gasteiger partial charge >= 0.3 is 5.91 Å². The van der Waals surface area contributed by atoms with Gasteiger partial charge in [-0.25, -0.2) is 9.18 Å². The number of aromatic nitrogens is 1. The van der Waals surface area contributed by atoms with Crippen LogP contribution < -0.4 is 10.6 Å². The molecule has 1 aromatic carbocycles. The van der Waals surface area contributed by atoms with Gasteiger partial charge in [0.2, 0.25) is 0 Å². The average Bonchev–Trinajstić information content (AvgIpc) is 3.26. The maximum Gasteiger partial charge on any atom is 0.400 e. The normalized spacial score (nSPS) is 16.2. The van der Waals surface area contributed by atoms with Gasteiger partial charge in [0.1, 0.15) is 19.0 Å². The van der Waals surface area contributed by atoms with Crippen molar-refractivity contribution in [1.82, 2.24) is 10.3 Å². The molecule has 1 aliphatic heterocycles. The van der Waals surface area contributed by atoms with Crippen LogP contribution in [0.4, 0.5) is 10.1 Å². The molecule has 1 aliphatic rings. The Kier molecular flexibility index (Phi) is 8.61. The van der Waals surface area contributed by atoms with Gasteiger partial charge < -0.3 is 31.0 Å². The fourth-order valence-electron chi connectivity index (χ4n) is 4.41. The Balaban J connectivity index is 1.62. The fraction of sp³-hybridized carbons (Fsp3) is 0.385. The number of rotatable bonds is 10. The second kappa shape index (κ2) is 11.5. The van der Waals surface area contributed by atoms with E-state index in [1.54, 1.807) is 19.9 Å². The van der Waals surface area contributed by atoms with Crippen molar-refractivity contribution < 1.29 is 33.7 Å². The van der Waals surface area contributed by atoms with Crippen LogP contribution in [-0.2, 0) is 9.59 Å². The first-order valence-electron chi connectivity index (χ1n) is 11.8. The molecule has 2 heterocycles. The lowest BCUT2D eigenvalue weighted by Crippen LogP contribution is -2.31. The molecule has 198 valence electrons. The minimum atomic E-state index is -1.18. The number of H-pyrrole nitrogens is 1. The van der Waals surface area contributed by atoms with Crippen molar-refractivity contribution >= 4 is 41.8 Å². The largest absolute Gasteiger partial charge is 0.617 e. The minimum Gasteiger partial charge on any atom is -0.617 e. The van der Waals surface area contributed by atoms with E-state index in [9.17, 15) is 34.2 Å². The lowest BCUT2D eigenvalue weighted by atomic mass is 9.98. The Morgan fingerprint density at radius 3 is 2.62 bits per heavy atom. The molecule has 0 saturated heterocycles. The molecule has 0 bridgehead atoms. The van der Waals surface area contributed by atoms with Crippen LogP contribution >= 0.6 is 0 Å². The van der Waals surface area contributed by atoms with E-state index in [-0.39, 0.29) is 47.4 Å². The number of hydrogen-bond donors (Lipinski definition) is 5. The molecule has 1 unspecified atom stereocenters. The number of aliphatic hydroxyl groups excluding tert-OH is 2. The number of benzene rings is 1. The summed E-state index contributed by atoms with van der Waals surface area (Å²) in [5, 5.41) is 36.4. The van der Waals surface area contributed by atoms with E-state index in [1.807, 2.05) is 6.92 Å². The third-order valence-electron chi connectivity index (χ3n) is 6.27. The van der Waals surface area contributed by atoms with Crippen LogP contribution in [0.2, 0.25) is 0 Å². The van der Waals surface area contributed by atoms with Crippen LogP contribution in [0.3, 0.4) is 0 Å². The molecule has 0 fully saturated rings. The van der Waals surface area contributed by atoms with Gasteiger partial charge in [0, 0.05) is 29.2 Å². The first-order chi connectivity index (χ1) is 17.4. The molecule has 3 amide bonds. The van der Waals surface area contributed by atoms with Gasteiger partial charge in [0.15, 0.2) is 0 Å². The Bertz CT molecular complexity index is 1270. The van der Waals surface area contributed by atoms with E-state index in [2.05, 4.69) is 22.3 Å². The smallest absolute Gasteiger partial charge is 0.400 e. The summed E-state index contributed by atoms with van der Waals surface area (Å²) in [6, 6.07) is 4.04. The molecular weight excluding hydrogens is 483 g/mol. The molecule has 3 atom stereocenters. The summed E-state index contributed by atoms with van der Waals surface area (Å²) in [5.41, 5.74) is 3.44. The number of carbonyl (C=O) groups is 3. The number of nitrogens with zero attached hydrogens (tertiary/aromatic N) is 1. The molecule has 0 saturated carbocycles. The van der Waals surface area contributed by atoms with Gasteiger partial charge in [-0.05, 0) is 62.4 Å². The van der Waals surface area contributed by atoms with E-state index in [0.717, 1.165) is 0 Å². The van der Waals surface area contributed by atoms with Gasteiger partial charge in [0.25, 0.3) is 11.8 Å². The maximum absolute atomic E-state index is 13.7. The van der Waals surface area contributed by atoms with Gasteiger partial charge in [-0.15, -0.1) is 4.74 Å². The van der Waals surface area contributed by atoms with Crippen molar-refractivity contribution in [1.29, 1.82) is 0 Å². The van der Waals surface area contributed by atoms with Crippen molar-refractivity contribution in [2.75, 3.05) is 11.9 Å². The highest BCUT2D eigenvalue weighted by Gasteiger charge is 2.26. The summed E-state index contributed by atoms with van der Waals surface area (Å²) < 4.78 is 13.6. The van der Waals surface area contributed by atoms with Crippen molar-refractivity contribution in [2.24, 2.45) is 5.92 Å². The van der Waals surface area contributed by atoms with Crippen LogP contribution in [-0.4, -0.2) is 63.1 Å². The Labute approximate surface area is 213 Å². The highest BCUT2D eigenvalue weighted by atomic mass is 19.1. The molecular formula is C26H31FN4O6. The number of hydrogen-bond acceptors (Lipinski definition) is 6. The molecule has 0 spiro atoms. The van der Waals surface area contributed by atoms with Gasteiger partial charge in [-0.2, -0.15) is 0 Å². The zero-order chi connectivity index (χ0) is 27.4. The van der Waals surface area contributed by atoms with Gasteiger partial charge in [-0.1, -0.05) is 6.92 Å². The molecule has 11 heteroatoms. The Morgan fingerprint density at radius 2 is 1.95 bits per heavy atom. The van der Waals surface area contributed by atoms with E-state index >= 15 is 0 Å². The molecule has 5 N–H and O–H groups in total. The van der Waals surface area contributed by atoms with Crippen LogP contribution in [0.25, 0.3) is 11.6 Å². The van der Waals surface area contributed by atoms with Crippen molar-refractivity contribution in [3.63, 3.8) is 0 Å². The molecule has 0 aliphatic carbocycles. The summed E-state index contributed by atoms with van der Waals surface area (Å²) in [7, 11) is 0. The van der Waals surface area contributed by atoms with Crippen LogP contribution in [0, 0.1) is 30.8 Å². The summed E-state index contributed by atoms with van der Waals surface area (Å²) in [6.07, 6.45) is -0.779. The molecule has 1 aromatic heterocycles. The number of hydroxylamine groups is 1. The predicted molar refractivity (Wildman–Crippen MR) is 136 cm³/mol. The summed E-state index contributed by atoms with van der Waals surface area (Å²) in [6.45, 7) is 8.46. The van der Waals surface area contributed by atoms with Crippen LogP contribution in [0.15, 0.2) is 18.2 Å². The Hall–Kier alpha value is -3.83. The average molecular weight is 515 g/mol. The van der Waals surface area contributed by atoms with Crippen LogP contribution in [0.5, 0.6) is 0 Å². The van der Waals surface area contributed by atoms with E-state index in [4.69, 9.17) is 0 Å². The molecule has 3 rings (SSSR count). The predicted octanol–water partition coefficient (Wildman–Crippen LogP) is 2.26. The first-order valence-corrected chi connectivity index (χ1v) is 11.8. The molecule has 37 heavy (non-hydrogen) atoms. The minimum absolute atomic E-state index is 0.0907. The molecule has 0 radical (unpaired) electrons. The van der Waals surface area contributed by atoms with E-state index in [1.165, 1.54) is 18.2 Å². The number of aromatic amines is 1. The van der Waals surface area contributed by atoms with Crippen molar-refractivity contribution in [3.8, 4) is 0 Å². The highest BCUT2D eigenvalue weighted by Crippen LogP contribution is 2.34. The lowest BCUT2D eigenvalue weighted by Gasteiger charge is -2.19. The lowest BCUT2D eigenvalue weighted by molar-refractivity contribution is -0.375. The van der Waals surface area contributed by atoms with Gasteiger partial charge in [-0.3, -0.25) is 9.59 Å². The quantitative estimate of drug-likeness (QED) is 0.108. The van der Waals surface area contributed by atoms with E-state index < -0.39 is 30.4 Å². The topological polar surface area (TPSA) is 158 Å². The first kappa shape index (κ1) is 27.8. The second-order valence-corrected chi connectivity index (χ2v) is 9.44. The second-order valence-electron chi connectivity index (χ2n) is 9.44. The molecule has 10 nitrogen and oxygen atoms in total. The monoisotopic (exact) mass is 514 g/mol. The SMILES string of the molecule is C=[N+]([O-])C(=O)C[C@H](O)C[C@H](O)CC(C)CNC(=O)c1c(C)[nH]c(/C=C2\C(=O)Nc3ccc(F)cc32)c1C. The zero-order valence-electron chi connectivity index (χ0n) is 20.9. The number of fused-ring (bicyclic) bond motifs is 1. The maximum atomic E-state index is 13.7. The summed E-state index contributed by atoms with van der Waals surface area (Å²) in [5.74, 6) is -2.19. The third-order valence-corrected chi connectivity index (χ3v) is 6.27. The zero-order valence-corrected chi connectivity index (χ0v) is 20.9. The number of nitrogens with one attached hydrogen (secondary N) is 3. The highest BCUT2D eigenvalue weighted by molar-refractivity contribution is 6.34. The number of halogens is 1. The standard InChI is InChI=1S/C26H31FN4O6/c1-13(7-17(32)9-18(33)10-23(34)31(4)37)12-28-26(36)24-14(2)22(29-15(24)3)11-20-19-8-16(27)5-6-21(19)30-25(20)35/h5-6,8,11,13,17-18,29,32-33H,4,7,9-10,12H2,1-3H3,(H,28,36)(H,30,35)/b20-11-/t13?,17-,18-/m1/s1. The van der Waals surface area contributed by atoms with Crippen molar-refractivity contribution in [2.45, 2.75) is 52.2 Å². The number of amides is 3. The summed E-state index contributed by atoms with van der Waals surface area (Å²) in [4.78, 5) is 39.8. The number of carbonyl (C=O) groups excluding carboxylic acids is 3. The van der Waals surface area contributed by atoms with Crippen molar-refractivity contribution in [3.05, 3.63) is 57.3 Å². The number of aliphatic hydroxyl groups is 2. The van der Waals surface area contributed by atoms with Gasteiger partial charge in [0.05, 0.1) is 23.3 Å².